The second kappa shape index (κ2) is 6.07. The maximum Gasteiger partial charge on any atom is 0.236 e. The number of nitrogens with one attached hydrogen (secondary N) is 1. The number of hydrogen-bond acceptors (Lipinski definition) is 3. The maximum absolute atomic E-state index is 12.1. The molecule has 106 valence electrons. The van der Waals surface area contributed by atoms with E-state index in [0.717, 1.165) is 5.56 Å². The third-order valence-electron chi connectivity index (χ3n) is 2.82. The van der Waals surface area contributed by atoms with Gasteiger partial charge in [0.25, 0.3) is 0 Å². The van der Waals surface area contributed by atoms with E-state index in [1.165, 1.54) is 0 Å². The summed E-state index contributed by atoms with van der Waals surface area (Å²) in [6.45, 7) is 1.81. The Kier molecular flexibility index (Phi) is 4.42. The summed E-state index contributed by atoms with van der Waals surface area (Å²) in [5, 5.41) is 9.06. The van der Waals surface area contributed by atoms with Crippen LogP contribution in [-0.2, 0) is 22.4 Å². The zero-order valence-corrected chi connectivity index (χ0v) is 12.0. The number of aliphatic hydroxyl groups excluding tert-OH is 1. The molecule has 2 N–H and O–H groups in total. The summed E-state index contributed by atoms with van der Waals surface area (Å²) in [5.74, 6) is -0.116. The van der Waals surface area contributed by atoms with Crippen LogP contribution in [0.15, 0.2) is 48.5 Å². The molecular weight excluding hydrogens is 274 g/mol. The van der Waals surface area contributed by atoms with Crippen molar-refractivity contribution in [2.24, 2.45) is 0 Å². The van der Waals surface area contributed by atoms with Gasteiger partial charge in [-0.2, -0.15) is 0 Å². The number of rotatable bonds is 5. The van der Waals surface area contributed by atoms with Gasteiger partial charge in [-0.05, 0) is 35.7 Å². The van der Waals surface area contributed by atoms with Crippen molar-refractivity contribution in [2.75, 3.05) is 4.72 Å². The van der Waals surface area contributed by atoms with Gasteiger partial charge in [0.2, 0.25) is 10.0 Å². The van der Waals surface area contributed by atoms with E-state index in [4.69, 9.17) is 5.11 Å². The first-order chi connectivity index (χ1) is 9.48. The van der Waals surface area contributed by atoms with Crippen molar-refractivity contribution in [1.82, 2.24) is 0 Å². The van der Waals surface area contributed by atoms with Gasteiger partial charge < -0.3 is 5.11 Å². The third-order valence-corrected chi connectivity index (χ3v) is 4.08. The molecule has 4 nitrogen and oxygen atoms in total. The van der Waals surface area contributed by atoms with Crippen molar-refractivity contribution < 1.29 is 13.5 Å². The van der Waals surface area contributed by atoms with E-state index in [0.29, 0.717) is 16.8 Å². The number of anilines is 1. The average molecular weight is 291 g/mol. The Bertz CT molecular complexity index is 696. The summed E-state index contributed by atoms with van der Waals surface area (Å²) in [7, 11) is -3.46. The fourth-order valence-corrected chi connectivity index (χ4v) is 3.14. The number of hydrogen-bond donors (Lipinski definition) is 2. The molecule has 0 unspecified atom stereocenters. The zero-order valence-electron chi connectivity index (χ0n) is 11.2. The largest absolute Gasteiger partial charge is 0.392 e. The van der Waals surface area contributed by atoms with Crippen LogP contribution >= 0.6 is 0 Å². The smallest absolute Gasteiger partial charge is 0.236 e. The molecule has 2 rings (SSSR count). The minimum absolute atomic E-state index is 0.0980. The summed E-state index contributed by atoms with van der Waals surface area (Å²) < 4.78 is 26.8. The molecule has 0 saturated heterocycles. The van der Waals surface area contributed by atoms with E-state index in [2.05, 4.69) is 4.72 Å². The van der Waals surface area contributed by atoms with Crippen molar-refractivity contribution in [3.05, 3.63) is 65.2 Å². The van der Waals surface area contributed by atoms with Gasteiger partial charge >= 0.3 is 0 Å². The molecule has 0 bridgehead atoms. The average Bonchev–Trinajstić information content (AvgIpc) is 2.37. The monoisotopic (exact) mass is 291 g/mol. The summed E-state index contributed by atoms with van der Waals surface area (Å²) in [5.41, 5.74) is 2.90. The van der Waals surface area contributed by atoms with E-state index in [1.54, 1.807) is 42.5 Å². The third kappa shape index (κ3) is 4.08. The van der Waals surface area contributed by atoms with Crippen LogP contribution in [0.4, 0.5) is 5.69 Å². The van der Waals surface area contributed by atoms with Crippen molar-refractivity contribution >= 4 is 15.7 Å². The SMILES string of the molecule is Cc1cccc(NS(=O)(=O)Cc2cccc(CO)c2)c1. The van der Waals surface area contributed by atoms with Crippen LogP contribution in [0.3, 0.4) is 0 Å². The second-order valence-corrected chi connectivity index (χ2v) is 6.43. The number of benzene rings is 2. The molecule has 0 aromatic heterocycles. The highest BCUT2D eigenvalue weighted by Crippen LogP contribution is 2.15. The molecule has 0 aliphatic carbocycles. The molecule has 2 aromatic rings. The van der Waals surface area contributed by atoms with Crippen LogP contribution in [0.1, 0.15) is 16.7 Å². The van der Waals surface area contributed by atoms with Crippen LogP contribution in [0.25, 0.3) is 0 Å². The van der Waals surface area contributed by atoms with Gasteiger partial charge in [-0.3, -0.25) is 4.72 Å². The lowest BCUT2D eigenvalue weighted by molar-refractivity contribution is 0.282. The predicted molar refractivity (Wildman–Crippen MR) is 79.8 cm³/mol. The summed E-state index contributed by atoms with van der Waals surface area (Å²) in [6.07, 6.45) is 0. The lowest BCUT2D eigenvalue weighted by Crippen LogP contribution is -2.15. The molecule has 0 spiro atoms. The fourth-order valence-electron chi connectivity index (χ4n) is 1.96. The highest BCUT2D eigenvalue weighted by molar-refractivity contribution is 7.91. The first kappa shape index (κ1) is 14.6. The van der Waals surface area contributed by atoms with Crippen molar-refractivity contribution in [3.8, 4) is 0 Å². The number of aliphatic hydroxyl groups is 1. The number of sulfonamides is 1. The Morgan fingerprint density at radius 2 is 1.75 bits per heavy atom. The summed E-state index contributed by atoms with van der Waals surface area (Å²) in [4.78, 5) is 0. The molecule has 20 heavy (non-hydrogen) atoms. The molecule has 0 amide bonds. The van der Waals surface area contributed by atoms with Crippen molar-refractivity contribution in [2.45, 2.75) is 19.3 Å². The van der Waals surface area contributed by atoms with E-state index in [-0.39, 0.29) is 12.4 Å². The molecule has 5 heteroatoms. The van der Waals surface area contributed by atoms with Crippen LogP contribution in [0, 0.1) is 6.92 Å². The van der Waals surface area contributed by atoms with Gasteiger partial charge in [-0.1, -0.05) is 36.4 Å². The van der Waals surface area contributed by atoms with Gasteiger partial charge in [-0.25, -0.2) is 8.42 Å². The molecule has 0 fully saturated rings. The van der Waals surface area contributed by atoms with Gasteiger partial charge in [0.15, 0.2) is 0 Å². The topological polar surface area (TPSA) is 66.4 Å². The van der Waals surface area contributed by atoms with E-state index in [1.807, 2.05) is 13.0 Å². The molecule has 0 heterocycles. The maximum atomic E-state index is 12.1. The summed E-state index contributed by atoms with van der Waals surface area (Å²) >= 11 is 0. The Labute approximate surface area is 119 Å². The standard InChI is InChI=1S/C15H17NO3S/c1-12-4-2-7-15(8-12)16-20(18,19)11-14-6-3-5-13(9-14)10-17/h2-9,16-17H,10-11H2,1H3. The van der Waals surface area contributed by atoms with Crippen LogP contribution < -0.4 is 4.72 Å². The minimum Gasteiger partial charge on any atom is -0.392 e. The highest BCUT2D eigenvalue weighted by Gasteiger charge is 2.12. The molecule has 0 saturated carbocycles. The van der Waals surface area contributed by atoms with E-state index in [9.17, 15) is 8.42 Å². The minimum atomic E-state index is -3.46. The predicted octanol–water partition coefficient (Wildman–Crippen LogP) is 2.43. The van der Waals surface area contributed by atoms with Gasteiger partial charge in [0.05, 0.1) is 12.4 Å². The molecule has 0 atom stereocenters. The first-order valence-electron chi connectivity index (χ1n) is 6.24. The Morgan fingerprint density at radius 1 is 1.05 bits per heavy atom. The van der Waals surface area contributed by atoms with E-state index >= 15 is 0 Å². The van der Waals surface area contributed by atoms with Gasteiger partial charge in [0.1, 0.15) is 0 Å². The first-order valence-corrected chi connectivity index (χ1v) is 7.89. The van der Waals surface area contributed by atoms with Crippen molar-refractivity contribution in [1.29, 1.82) is 0 Å². The van der Waals surface area contributed by atoms with Crippen LogP contribution in [-0.4, -0.2) is 13.5 Å². The van der Waals surface area contributed by atoms with Gasteiger partial charge in [-0.15, -0.1) is 0 Å². The normalized spacial score (nSPS) is 11.3. The Balaban J connectivity index is 2.14. The Hall–Kier alpha value is -1.85. The quantitative estimate of drug-likeness (QED) is 0.889. The summed E-state index contributed by atoms with van der Waals surface area (Å²) in [6, 6.07) is 14.1. The lowest BCUT2D eigenvalue weighted by Gasteiger charge is -2.09. The molecule has 0 aliphatic rings. The molecule has 2 aromatic carbocycles. The van der Waals surface area contributed by atoms with Crippen molar-refractivity contribution in [3.63, 3.8) is 0 Å². The van der Waals surface area contributed by atoms with Crippen LogP contribution in [0.2, 0.25) is 0 Å². The lowest BCUT2D eigenvalue weighted by atomic mass is 10.1. The fraction of sp³-hybridized carbons (Fsp3) is 0.200. The van der Waals surface area contributed by atoms with Gasteiger partial charge in [0, 0.05) is 5.69 Å². The molecule has 0 aliphatic heterocycles. The second-order valence-electron chi connectivity index (χ2n) is 4.71. The zero-order chi connectivity index (χ0) is 14.6. The highest BCUT2D eigenvalue weighted by atomic mass is 32.2. The van der Waals surface area contributed by atoms with E-state index < -0.39 is 10.0 Å². The molecular formula is C15H17NO3S. The number of aryl methyl sites for hydroxylation is 1. The Morgan fingerprint density at radius 3 is 2.45 bits per heavy atom. The molecule has 0 radical (unpaired) electrons. The van der Waals surface area contributed by atoms with Crippen LogP contribution in [0.5, 0.6) is 0 Å².